The number of carbonyl (C=O) groups excluding carboxylic acids is 1. The summed E-state index contributed by atoms with van der Waals surface area (Å²) in [5, 5.41) is 9.89. The number of halogens is 1. The Morgan fingerprint density at radius 2 is 1.95 bits per heavy atom. The number of carboxylic acids is 1. The summed E-state index contributed by atoms with van der Waals surface area (Å²) in [7, 11) is 1.43. The fourth-order valence-electron chi connectivity index (χ4n) is 1.77. The Labute approximate surface area is 129 Å². The van der Waals surface area contributed by atoms with Crippen molar-refractivity contribution in [3.63, 3.8) is 0 Å². The van der Waals surface area contributed by atoms with Crippen LogP contribution in [0.5, 0.6) is 0 Å². The molecule has 1 rings (SSSR count). The van der Waals surface area contributed by atoms with E-state index in [-0.39, 0.29) is 6.42 Å². The van der Waals surface area contributed by atoms with Gasteiger partial charge < -0.3 is 9.84 Å². The predicted molar refractivity (Wildman–Crippen MR) is 80.6 cm³/mol. The van der Waals surface area contributed by atoms with E-state index < -0.39 is 18.1 Å². The van der Waals surface area contributed by atoms with Crippen molar-refractivity contribution >= 4 is 23.7 Å². The molecule has 0 aliphatic rings. The van der Waals surface area contributed by atoms with Crippen molar-refractivity contribution in [1.82, 2.24) is 4.90 Å². The Morgan fingerprint density at radius 3 is 2.48 bits per heavy atom. The maximum atomic E-state index is 11.8. The van der Waals surface area contributed by atoms with Gasteiger partial charge in [0.15, 0.2) is 0 Å². The number of ether oxygens (including phenoxy) is 1. The van der Waals surface area contributed by atoms with Crippen molar-refractivity contribution < 1.29 is 19.4 Å². The van der Waals surface area contributed by atoms with Gasteiger partial charge >= 0.3 is 12.1 Å². The summed E-state index contributed by atoms with van der Waals surface area (Å²) >= 11 is 5.79. The van der Waals surface area contributed by atoms with Crippen LogP contribution in [-0.4, -0.2) is 41.8 Å². The molecule has 0 bridgehead atoms. The molecule has 0 aliphatic carbocycles. The number of nitrogens with zero attached hydrogens (tertiary/aromatic N) is 1. The number of likely N-dealkylation sites (N-methyl/N-ethyl adjacent to an activating group) is 1. The number of amides is 1. The van der Waals surface area contributed by atoms with Crippen molar-refractivity contribution in [2.75, 3.05) is 13.7 Å². The van der Waals surface area contributed by atoms with Gasteiger partial charge in [0.25, 0.3) is 0 Å². The molecule has 0 heterocycles. The lowest BCUT2D eigenvalue weighted by Gasteiger charge is -2.24. The van der Waals surface area contributed by atoms with Crippen LogP contribution in [0.2, 0.25) is 5.02 Å². The maximum absolute atomic E-state index is 11.8. The van der Waals surface area contributed by atoms with E-state index in [9.17, 15) is 14.7 Å². The quantitative estimate of drug-likeness (QED) is 0.785. The van der Waals surface area contributed by atoms with Crippen molar-refractivity contribution in [1.29, 1.82) is 0 Å². The van der Waals surface area contributed by atoms with Crippen LogP contribution >= 0.6 is 11.6 Å². The van der Waals surface area contributed by atoms with Gasteiger partial charge in [0.1, 0.15) is 6.04 Å². The second kappa shape index (κ2) is 8.52. The molecular weight excluding hydrogens is 294 g/mol. The average molecular weight is 314 g/mol. The van der Waals surface area contributed by atoms with Gasteiger partial charge in [-0.1, -0.05) is 37.1 Å². The van der Waals surface area contributed by atoms with Gasteiger partial charge in [-0.15, -0.1) is 0 Å². The number of hydrogen-bond donors (Lipinski definition) is 1. The van der Waals surface area contributed by atoms with E-state index in [2.05, 4.69) is 0 Å². The molecule has 21 heavy (non-hydrogen) atoms. The number of aliphatic carboxylic acids is 1. The van der Waals surface area contributed by atoms with Crippen molar-refractivity contribution in [2.24, 2.45) is 0 Å². The molecule has 0 saturated carbocycles. The summed E-state index contributed by atoms with van der Waals surface area (Å²) in [6.45, 7) is 2.28. The number of carboxylic acid groups (broad SMARTS) is 1. The molecule has 0 radical (unpaired) electrons. The second-order valence-corrected chi connectivity index (χ2v) is 5.20. The van der Waals surface area contributed by atoms with Crippen LogP contribution in [0.3, 0.4) is 0 Å². The molecule has 0 fully saturated rings. The molecule has 1 aromatic rings. The summed E-state index contributed by atoms with van der Waals surface area (Å²) in [5.41, 5.74) is 0.792. The van der Waals surface area contributed by atoms with E-state index in [0.29, 0.717) is 11.6 Å². The molecule has 5 nitrogen and oxygen atoms in total. The highest BCUT2D eigenvalue weighted by atomic mass is 35.5. The van der Waals surface area contributed by atoms with Crippen LogP contribution < -0.4 is 0 Å². The van der Waals surface area contributed by atoms with E-state index in [1.165, 1.54) is 7.05 Å². The van der Waals surface area contributed by atoms with Crippen molar-refractivity contribution in [3.05, 3.63) is 34.9 Å². The Kier molecular flexibility index (Phi) is 7.02. The lowest BCUT2D eigenvalue weighted by atomic mass is 10.1. The van der Waals surface area contributed by atoms with Gasteiger partial charge in [-0.25, -0.2) is 9.59 Å². The standard InChI is InChI=1S/C15H20ClNO4/c1-3-4-9-21-15(20)17(2)13(14(18)19)10-11-5-7-12(16)8-6-11/h5-8,13H,3-4,9-10H2,1-2H3,(H,18,19)/t13-/m0/s1. The highest BCUT2D eigenvalue weighted by Gasteiger charge is 2.27. The first-order chi connectivity index (χ1) is 9.95. The molecule has 0 spiro atoms. The zero-order chi connectivity index (χ0) is 15.8. The fraction of sp³-hybridized carbons (Fsp3) is 0.467. The smallest absolute Gasteiger partial charge is 0.410 e. The Morgan fingerprint density at radius 1 is 1.33 bits per heavy atom. The molecule has 1 amide bonds. The second-order valence-electron chi connectivity index (χ2n) is 4.76. The van der Waals surface area contributed by atoms with Crippen LogP contribution in [-0.2, 0) is 16.0 Å². The summed E-state index contributed by atoms with van der Waals surface area (Å²) in [5.74, 6) is -1.07. The molecule has 1 atom stereocenters. The van der Waals surface area contributed by atoms with Crippen LogP contribution in [0.4, 0.5) is 4.79 Å². The minimum Gasteiger partial charge on any atom is -0.480 e. The number of rotatable bonds is 7. The van der Waals surface area contributed by atoms with E-state index in [1.54, 1.807) is 24.3 Å². The first kappa shape index (κ1) is 17.3. The summed E-state index contributed by atoms with van der Waals surface area (Å²) < 4.78 is 5.03. The third-order valence-electron chi connectivity index (χ3n) is 3.11. The van der Waals surface area contributed by atoms with E-state index in [1.807, 2.05) is 6.92 Å². The average Bonchev–Trinajstić information content (AvgIpc) is 2.45. The lowest BCUT2D eigenvalue weighted by Crippen LogP contribution is -2.44. The molecule has 0 unspecified atom stereocenters. The third kappa shape index (κ3) is 5.63. The normalized spacial score (nSPS) is 11.8. The molecule has 1 aromatic carbocycles. The van der Waals surface area contributed by atoms with Crippen LogP contribution in [0, 0.1) is 0 Å². The first-order valence-corrected chi connectivity index (χ1v) is 7.20. The molecule has 1 N–H and O–H groups in total. The maximum Gasteiger partial charge on any atom is 0.410 e. The van der Waals surface area contributed by atoms with Gasteiger partial charge in [-0.3, -0.25) is 4.90 Å². The molecule has 6 heteroatoms. The van der Waals surface area contributed by atoms with E-state index in [4.69, 9.17) is 16.3 Å². The lowest BCUT2D eigenvalue weighted by molar-refractivity contribution is -0.142. The molecule has 0 aliphatic heterocycles. The summed E-state index contributed by atoms with van der Waals surface area (Å²) in [6.07, 6.45) is 1.25. The first-order valence-electron chi connectivity index (χ1n) is 6.82. The third-order valence-corrected chi connectivity index (χ3v) is 3.36. The zero-order valence-electron chi connectivity index (χ0n) is 12.2. The SMILES string of the molecule is CCCCOC(=O)N(C)[C@@H](Cc1ccc(Cl)cc1)C(=O)O. The van der Waals surface area contributed by atoms with E-state index >= 15 is 0 Å². The zero-order valence-corrected chi connectivity index (χ0v) is 13.0. The fourth-order valence-corrected chi connectivity index (χ4v) is 1.89. The van der Waals surface area contributed by atoms with E-state index in [0.717, 1.165) is 23.3 Å². The Hall–Kier alpha value is -1.75. The monoisotopic (exact) mass is 313 g/mol. The molecule has 116 valence electrons. The Bertz CT molecular complexity index is 475. The highest BCUT2D eigenvalue weighted by Crippen LogP contribution is 2.14. The molecule has 0 aromatic heterocycles. The largest absolute Gasteiger partial charge is 0.480 e. The van der Waals surface area contributed by atoms with Gasteiger partial charge in [0, 0.05) is 18.5 Å². The van der Waals surface area contributed by atoms with Gasteiger partial charge in [0.2, 0.25) is 0 Å². The number of carbonyl (C=O) groups is 2. The van der Waals surface area contributed by atoms with Gasteiger partial charge in [-0.05, 0) is 24.1 Å². The molecule has 0 saturated heterocycles. The van der Waals surface area contributed by atoms with Crippen LogP contribution in [0.25, 0.3) is 0 Å². The topological polar surface area (TPSA) is 66.8 Å². The number of unbranched alkanes of at least 4 members (excludes halogenated alkanes) is 1. The minimum atomic E-state index is -1.07. The van der Waals surface area contributed by atoms with Crippen molar-refractivity contribution in [3.8, 4) is 0 Å². The Balaban J connectivity index is 2.69. The number of hydrogen-bond acceptors (Lipinski definition) is 3. The summed E-state index contributed by atoms with van der Waals surface area (Å²) in [6, 6.07) is 5.90. The van der Waals surface area contributed by atoms with Crippen molar-refractivity contribution in [2.45, 2.75) is 32.2 Å². The predicted octanol–water partition coefficient (Wildman–Crippen LogP) is 3.20. The minimum absolute atomic E-state index is 0.200. The van der Waals surface area contributed by atoms with Gasteiger partial charge in [0.05, 0.1) is 6.61 Å². The van der Waals surface area contributed by atoms with Crippen LogP contribution in [0.1, 0.15) is 25.3 Å². The number of benzene rings is 1. The summed E-state index contributed by atoms with van der Waals surface area (Å²) in [4.78, 5) is 24.3. The van der Waals surface area contributed by atoms with Gasteiger partial charge in [-0.2, -0.15) is 0 Å². The van der Waals surface area contributed by atoms with Crippen LogP contribution in [0.15, 0.2) is 24.3 Å². The molecular formula is C15H20ClNO4. The highest BCUT2D eigenvalue weighted by molar-refractivity contribution is 6.30.